The van der Waals surface area contributed by atoms with E-state index >= 15 is 0 Å². The minimum Gasteiger partial charge on any atom is -0.381 e. The Morgan fingerprint density at radius 1 is 1.13 bits per heavy atom. The van der Waals surface area contributed by atoms with Crippen LogP contribution < -0.4 is 5.32 Å². The van der Waals surface area contributed by atoms with Crippen LogP contribution >= 0.6 is 24.0 Å². The fraction of sp³-hybridized carbons (Fsp3) is 0.708. The van der Waals surface area contributed by atoms with E-state index in [-0.39, 0.29) is 24.0 Å². The minimum absolute atomic E-state index is 0. The number of likely N-dealkylation sites (tertiary alicyclic amines) is 2. The highest BCUT2D eigenvalue weighted by Gasteiger charge is 2.42. The van der Waals surface area contributed by atoms with Gasteiger partial charge in [0.2, 0.25) is 0 Å². The van der Waals surface area contributed by atoms with E-state index in [0.29, 0.717) is 5.41 Å². The number of halogens is 1. The summed E-state index contributed by atoms with van der Waals surface area (Å²) < 4.78 is 5.68. The number of benzene rings is 1. The highest BCUT2D eigenvalue weighted by atomic mass is 127. The van der Waals surface area contributed by atoms with Crippen molar-refractivity contribution in [3.63, 3.8) is 0 Å². The van der Waals surface area contributed by atoms with Gasteiger partial charge in [0.25, 0.3) is 0 Å². The SMILES string of the molecule is CCNC(=NCc1ccc(CN2CCC(C)CC2)cc1)N1CCC2(CCOC2)C1.I. The first-order valence-corrected chi connectivity index (χ1v) is 11.6. The van der Waals surface area contributed by atoms with Crippen LogP contribution in [0.1, 0.15) is 50.7 Å². The molecule has 0 bridgehead atoms. The van der Waals surface area contributed by atoms with Crippen molar-refractivity contribution >= 4 is 29.9 Å². The number of hydrogen-bond acceptors (Lipinski definition) is 3. The second-order valence-electron chi connectivity index (χ2n) is 9.42. The standard InChI is InChI=1S/C24H38N4O.HI/c1-3-25-23(28-14-10-24(18-28)11-15-29-19-24)26-16-21-4-6-22(7-5-21)17-27-12-8-20(2)9-13-27;/h4-7,20H,3,8-19H2,1-2H3,(H,25,26);1H. The van der Waals surface area contributed by atoms with E-state index in [1.54, 1.807) is 0 Å². The van der Waals surface area contributed by atoms with Gasteiger partial charge < -0.3 is 15.0 Å². The Kier molecular flexibility index (Phi) is 8.83. The molecule has 3 aliphatic heterocycles. The molecule has 6 heteroatoms. The molecule has 168 valence electrons. The number of aliphatic imine (C=N–C) groups is 1. The van der Waals surface area contributed by atoms with Crippen LogP contribution in [0.5, 0.6) is 0 Å². The lowest BCUT2D eigenvalue weighted by Crippen LogP contribution is -2.41. The van der Waals surface area contributed by atoms with Gasteiger partial charge in [-0.15, -0.1) is 24.0 Å². The van der Waals surface area contributed by atoms with Gasteiger partial charge in [-0.3, -0.25) is 4.90 Å². The van der Waals surface area contributed by atoms with E-state index in [1.807, 2.05) is 0 Å². The van der Waals surface area contributed by atoms with Gasteiger partial charge in [0.05, 0.1) is 13.2 Å². The highest BCUT2D eigenvalue weighted by Crippen LogP contribution is 2.38. The number of piperidine rings is 1. The van der Waals surface area contributed by atoms with Gasteiger partial charge in [0, 0.05) is 38.2 Å². The van der Waals surface area contributed by atoms with Crippen LogP contribution in [0.4, 0.5) is 0 Å². The average Bonchev–Trinajstić information content (AvgIpc) is 3.38. The Balaban J connectivity index is 0.00000256. The molecule has 1 unspecified atom stereocenters. The molecule has 1 atom stereocenters. The van der Waals surface area contributed by atoms with Crippen molar-refractivity contribution in [2.24, 2.45) is 16.3 Å². The fourth-order valence-corrected chi connectivity index (χ4v) is 4.91. The molecule has 1 aromatic rings. The molecule has 0 aliphatic carbocycles. The number of rotatable bonds is 5. The first-order chi connectivity index (χ1) is 14.2. The summed E-state index contributed by atoms with van der Waals surface area (Å²) in [7, 11) is 0. The Bertz CT molecular complexity index is 679. The number of nitrogens with one attached hydrogen (secondary N) is 1. The van der Waals surface area contributed by atoms with Crippen molar-refractivity contribution in [1.29, 1.82) is 0 Å². The van der Waals surface area contributed by atoms with Crippen LogP contribution in [0.15, 0.2) is 29.3 Å². The van der Waals surface area contributed by atoms with Crippen molar-refractivity contribution in [2.75, 3.05) is 45.9 Å². The van der Waals surface area contributed by atoms with E-state index in [4.69, 9.17) is 9.73 Å². The molecule has 1 N–H and O–H groups in total. The Hall–Kier alpha value is -0.860. The largest absolute Gasteiger partial charge is 0.381 e. The number of ether oxygens (including phenoxy) is 1. The third-order valence-corrected chi connectivity index (χ3v) is 6.97. The maximum Gasteiger partial charge on any atom is 0.194 e. The smallest absolute Gasteiger partial charge is 0.194 e. The molecule has 1 spiro atoms. The van der Waals surface area contributed by atoms with Gasteiger partial charge in [-0.2, -0.15) is 0 Å². The molecule has 3 fully saturated rings. The summed E-state index contributed by atoms with van der Waals surface area (Å²) in [6.45, 7) is 13.7. The number of nitrogens with zero attached hydrogens (tertiary/aromatic N) is 3. The maximum atomic E-state index is 5.68. The maximum absolute atomic E-state index is 5.68. The first kappa shape index (κ1) is 23.8. The van der Waals surface area contributed by atoms with Crippen molar-refractivity contribution in [1.82, 2.24) is 15.1 Å². The summed E-state index contributed by atoms with van der Waals surface area (Å²) >= 11 is 0. The lowest BCUT2D eigenvalue weighted by atomic mass is 9.87. The van der Waals surface area contributed by atoms with Crippen LogP contribution in [0.25, 0.3) is 0 Å². The van der Waals surface area contributed by atoms with E-state index in [1.165, 1.54) is 49.9 Å². The van der Waals surface area contributed by atoms with Gasteiger partial charge in [-0.1, -0.05) is 31.2 Å². The van der Waals surface area contributed by atoms with Crippen molar-refractivity contribution in [3.8, 4) is 0 Å². The van der Waals surface area contributed by atoms with Gasteiger partial charge in [-0.25, -0.2) is 4.99 Å². The monoisotopic (exact) mass is 526 g/mol. The zero-order valence-corrected chi connectivity index (χ0v) is 21.1. The molecule has 0 saturated carbocycles. The molecular weight excluding hydrogens is 487 g/mol. The Labute approximate surface area is 199 Å². The number of hydrogen-bond donors (Lipinski definition) is 1. The van der Waals surface area contributed by atoms with Crippen LogP contribution in [0.3, 0.4) is 0 Å². The summed E-state index contributed by atoms with van der Waals surface area (Å²) in [5.41, 5.74) is 3.07. The van der Waals surface area contributed by atoms with Crippen LogP contribution in [0.2, 0.25) is 0 Å². The zero-order valence-electron chi connectivity index (χ0n) is 18.7. The molecule has 0 aromatic heterocycles. The molecule has 3 saturated heterocycles. The molecule has 5 nitrogen and oxygen atoms in total. The molecule has 3 aliphatic rings. The second kappa shape index (κ2) is 11.1. The zero-order chi connectivity index (χ0) is 20.1. The topological polar surface area (TPSA) is 40.1 Å². The Morgan fingerprint density at radius 2 is 1.87 bits per heavy atom. The molecule has 0 radical (unpaired) electrons. The highest BCUT2D eigenvalue weighted by molar-refractivity contribution is 14.0. The summed E-state index contributed by atoms with van der Waals surface area (Å²) in [5.74, 6) is 1.95. The molecule has 1 aromatic carbocycles. The lowest BCUT2D eigenvalue weighted by Gasteiger charge is -2.30. The summed E-state index contributed by atoms with van der Waals surface area (Å²) in [6.07, 6.45) is 5.09. The van der Waals surface area contributed by atoms with E-state index in [0.717, 1.165) is 57.8 Å². The summed E-state index contributed by atoms with van der Waals surface area (Å²) in [4.78, 5) is 9.98. The molecule has 30 heavy (non-hydrogen) atoms. The summed E-state index contributed by atoms with van der Waals surface area (Å²) in [5, 5.41) is 3.50. The second-order valence-corrected chi connectivity index (χ2v) is 9.42. The fourth-order valence-electron chi connectivity index (χ4n) is 4.91. The van der Waals surface area contributed by atoms with Gasteiger partial charge in [0.1, 0.15) is 0 Å². The van der Waals surface area contributed by atoms with E-state index < -0.39 is 0 Å². The minimum atomic E-state index is 0. The molecule has 3 heterocycles. The average molecular weight is 527 g/mol. The normalized spacial score (nSPS) is 25.7. The first-order valence-electron chi connectivity index (χ1n) is 11.6. The van der Waals surface area contributed by atoms with Crippen LogP contribution in [-0.2, 0) is 17.8 Å². The predicted octanol–water partition coefficient (Wildman–Crippen LogP) is 4.11. The van der Waals surface area contributed by atoms with E-state index in [9.17, 15) is 0 Å². The predicted molar refractivity (Wildman–Crippen MR) is 134 cm³/mol. The quantitative estimate of drug-likeness (QED) is 0.356. The van der Waals surface area contributed by atoms with E-state index in [2.05, 4.69) is 53.2 Å². The van der Waals surface area contributed by atoms with Crippen LogP contribution in [-0.4, -0.2) is 61.7 Å². The van der Waals surface area contributed by atoms with Crippen molar-refractivity contribution in [3.05, 3.63) is 35.4 Å². The Morgan fingerprint density at radius 3 is 2.53 bits per heavy atom. The van der Waals surface area contributed by atoms with Crippen molar-refractivity contribution < 1.29 is 4.74 Å². The lowest BCUT2D eigenvalue weighted by molar-refractivity contribution is 0.156. The van der Waals surface area contributed by atoms with Crippen LogP contribution in [0, 0.1) is 11.3 Å². The third kappa shape index (κ3) is 6.10. The van der Waals surface area contributed by atoms with Crippen molar-refractivity contribution in [2.45, 2.75) is 52.6 Å². The molecule has 4 rings (SSSR count). The third-order valence-electron chi connectivity index (χ3n) is 6.97. The van der Waals surface area contributed by atoms with Gasteiger partial charge in [0.15, 0.2) is 5.96 Å². The summed E-state index contributed by atoms with van der Waals surface area (Å²) in [6, 6.07) is 9.09. The molecule has 0 amide bonds. The van der Waals surface area contributed by atoms with Gasteiger partial charge in [-0.05, 0) is 62.7 Å². The van der Waals surface area contributed by atoms with Gasteiger partial charge >= 0.3 is 0 Å². The number of guanidine groups is 1. The molecular formula is C24H39IN4O.